The number of hydrogen-bond donors (Lipinski definition) is 1. The summed E-state index contributed by atoms with van der Waals surface area (Å²) in [5.41, 5.74) is 0. The van der Waals surface area contributed by atoms with E-state index in [0.717, 1.165) is 23.9 Å². The molecule has 0 aliphatic carbocycles. The molecule has 1 aromatic heterocycles. The van der Waals surface area contributed by atoms with Crippen LogP contribution in [-0.2, 0) is 21.3 Å². The van der Waals surface area contributed by atoms with Gasteiger partial charge in [0.1, 0.15) is 4.21 Å². The quantitative estimate of drug-likeness (QED) is 0.842. The number of nitrogens with zero attached hydrogens (tertiary/aromatic N) is 3. The molecule has 0 amide bonds. The number of aliphatic imine (C=N–C) groups is 1. The Labute approximate surface area is 134 Å². The van der Waals surface area contributed by atoms with Crippen LogP contribution < -0.4 is 5.32 Å². The van der Waals surface area contributed by atoms with Crippen LogP contribution in [0, 0.1) is 0 Å². The van der Waals surface area contributed by atoms with Crippen molar-refractivity contribution in [2.24, 2.45) is 4.99 Å². The molecule has 0 unspecified atom stereocenters. The molecule has 122 valence electrons. The van der Waals surface area contributed by atoms with Gasteiger partial charge in [0.25, 0.3) is 10.0 Å². The molecule has 0 aromatic carbocycles. The highest BCUT2D eigenvalue weighted by Crippen LogP contribution is 2.25. The van der Waals surface area contributed by atoms with Gasteiger partial charge in [-0.3, -0.25) is 4.99 Å². The Balaban J connectivity index is 1.65. The number of morpholine rings is 1. The largest absolute Gasteiger partial charge is 0.379 e. The molecule has 1 saturated heterocycles. The summed E-state index contributed by atoms with van der Waals surface area (Å²) in [6.07, 6.45) is 0. The second-order valence-corrected chi connectivity index (χ2v) is 8.55. The van der Waals surface area contributed by atoms with E-state index in [0.29, 0.717) is 37.1 Å². The van der Waals surface area contributed by atoms with Crippen LogP contribution in [0.5, 0.6) is 0 Å². The maximum absolute atomic E-state index is 12.5. The molecule has 1 N–H and O–H groups in total. The van der Waals surface area contributed by atoms with Gasteiger partial charge >= 0.3 is 0 Å². The number of sulfonamides is 1. The van der Waals surface area contributed by atoms with E-state index in [1.165, 1.54) is 15.6 Å². The third kappa shape index (κ3) is 3.27. The smallest absolute Gasteiger partial charge is 0.252 e. The maximum Gasteiger partial charge on any atom is 0.252 e. The SMILES string of the molecule is CN1CCN=C1NCc1ccc(S(=O)(=O)N2CCOCC2)s1. The molecular formula is C13H20N4O3S2. The third-order valence-electron chi connectivity index (χ3n) is 3.68. The van der Waals surface area contributed by atoms with E-state index in [1.807, 2.05) is 13.1 Å². The lowest BCUT2D eigenvalue weighted by Gasteiger charge is -2.25. The number of nitrogens with one attached hydrogen (secondary N) is 1. The van der Waals surface area contributed by atoms with Crippen molar-refractivity contribution < 1.29 is 13.2 Å². The molecule has 2 aliphatic heterocycles. The van der Waals surface area contributed by atoms with Crippen LogP contribution in [0.25, 0.3) is 0 Å². The molecule has 7 nitrogen and oxygen atoms in total. The van der Waals surface area contributed by atoms with Gasteiger partial charge in [0.2, 0.25) is 0 Å². The van der Waals surface area contributed by atoms with Crippen molar-refractivity contribution in [2.75, 3.05) is 46.4 Å². The number of ether oxygens (including phenoxy) is 1. The van der Waals surface area contributed by atoms with E-state index in [4.69, 9.17) is 4.74 Å². The van der Waals surface area contributed by atoms with Gasteiger partial charge in [0.15, 0.2) is 5.96 Å². The fourth-order valence-electron chi connectivity index (χ4n) is 2.40. The summed E-state index contributed by atoms with van der Waals surface area (Å²) in [7, 11) is -1.40. The van der Waals surface area contributed by atoms with Crippen molar-refractivity contribution in [3.05, 3.63) is 17.0 Å². The Morgan fingerprint density at radius 2 is 2.09 bits per heavy atom. The van der Waals surface area contributed by atoms with Gasteiger partial charge in [-0.2, -0.15) is 4.31 Å². The molecular weight excluding hydrogens is 324 g/mol. The lowest BCUT2D eigenvalue weighted by Crippen LogP contribution is -2.40. The lowest BCUT2D eigenvalue weighted by atomic mass is 10.5. The van der Waals surface area contributed by atoms with Gasteiger partial charge in [0.05, 0.1) is 26.3 Å². The zero-order valence-electron chi connectivity index (χ0n) is 12.5. The van der Waals surface area contributed by atoms with Gasteiger partial charge in [-0.1, -0.05) is 0 Å². The van der Waals surface area contributed by atoms with Crippen molar-refractivity contribution in [2.45, 2.75) is 10.8 Å². The predicted octanol–water partition coefficient (Wildman–Crippen LogP) is 0.160. The highest BCUT2D eigenvalue weighted by atomic mass is 32.2. The molecule has 1 aromatic rings. The Hall–Kier alpha value is -1.16. The van der Waals surface area contributed by atoms with Gasteiger partial charge in [0, 0.05) is 31.6 Å². The van der Waals surface area contributed by atoms with Crippen LogP contribution in [-0.4, -0.2) is 70.0 Å². The molecule has 0 saturated carbocycles. The summed E-state index contributed by atoms with van der Waals surface area (Å²) in [5, 5.41) is 3.25. The van der Waals surface area contributed by atoms with Gasteiger partial charge in [-0.25, -0.2) is 8.42 Å². The Bertz CT molecular complexity index is 650. The first-order valence-corrected chi connectivity index (χ1v) is 9.49. The molecule has 3 rings (SSSR count). The van der Waals surface area contributed by atoms with E-state index in [-0.39, 0.29) is 0 Å². The van der Waals surface area contributed by atoms with Crippen molar-refractivity contribution in [1.82, 2.24) is 14.5 Å². The average molecular weight is 344 g/mol. The summed E-state index contributed by atoms with van der Waals surface area (Å²) in [4.78, 5) is 7.39. The van der Waals surface area contributed by atoms with Crippen molar-refractivity contribution in [3.8, 4) is 0 Å². The first-order chi connectivity index (χ1) is 10.6. The van der Waals surface area contributed by atoms with Crippen molar-refractivity contribution >= 4 is 27.3 Å². The minimum absolute atomic E-state index is 0.396. The Morgan fingerprint density at radius 1 is 1.32 bits per heavy atom. The van der Waals surface area contributed by atoms with Crippen LogP contribution in [0.2, 0.25) is 0 Å². The van der Waals surface area contributed by atoms with Crippen LogP contribution in [0.1, 0.15) is 4.88 Å². The third-order valence-corrected chi connectivity index (χ3v) is 7.13. The van der Waals surface area contributed by atoms with Gasteiger partial charge < -0.3 is 15.0 Å². The summed E-state index contributed by atoms with van der Waals surface area (Å²) >= 11 is 1.31. The second kappa shape index (κ2) is 6.53. The van der Waals surface area contributed by atoms with E-state index >= 15 is 0 Å². The van der Waals surface area contributed by atoms with Crippen molar-refractivity contribution in [1.29, 1.82) is 0 Å². The molecule has 0 atom stereocenters. The normalized spacial score (nSPS) is 20.2. The molecule has 22 heavy (non-hydrogen) atoms. The fourth-order valence-corrected chi connectivity index (χ4v) is 5.25. The van der Waals surface area contributed by atoms with Gasteiger partial charge in [-0.05, 0) is 12.1 Å². The minimum Gasteiger partial charge on any atom is -0.379 e. The highest BCUT2D eigenvalue weighted by Gasteiger charge is 2.27. The number of hydrogen-bond acceptors (Lipinski definition) is 7. The second-order valence-electron chi connectivity index (χ2n) is 5.22. The number of thiophene rings is 1. The van der Waals surface area contributed by atoms with E-state index < -0.39 is 10.0 Å². The Morgan fingerprint density at radius 3 is 2.77 bits per heavy atom. The summed E-state index contributed by atoms with van der Waals surface area (Å²) in [6, 6.07) is 3.55. The Kier molecular flexibility index (Phi) is 4.67. The van der Waals surface area contributed by atoms with Crippen LogP contribution in [0.4, 0.5) is 0 Å². The number of likely N-dealkylation sites (N-methyl/N-ethyl adjacent to an activating group) is 1. The highest BCUT2D eigenvalue weighted by molar-refractivity contribution is 7.91. The molecule has 9 heteroatoms. The topological polar surface area (TPSA) is 74.2 Å². The first-order valence-electron chi connectivity index (χ1n) is 7.23. The minimum atomic E-state index is -3.39. The molecule has 3 heterocycles. The van der Waals surface area contributed by atoms with Crippen molar-refractivity contribution in [3.63, 3.8) is 0 Å². The van der Waals surface area contributed by atoms with Crippen LogP contribution in [0.3, 0.4) is 0 Å². The molecule has 1 fully saturated rings. The molecule has 0 bridgehead atoms. The van der Waals surface area contributed by atoms with Gasteiger partial charge in [-0.15, -0.1) is 11.3 Å². The zero-order chi connectivity index (χ0) is 15.6. The molecule has 0 radical (unpaired) electrons. The van der Waals surface area contributed by atoms with E-state index in [1.54, 1.807) is 6.07 Å². The maximum atomic E-state index is 12.5. The fraction of sp³-hybridized carbons (Fsp3) is 0.615. The van der Waals surface area contributed by atoms with Crippen LogP contribution in [0.15, 0.2) is 21.3 Å². The standard InChI is InChI=1S/C13H20N4O3S2/c1-16-5-4-14-13(16)15-10-11-2-3-12(21-11)22(18,19)17-6-8-20-9-7-17/h2-3H,4-10H2,1H3,(H,14,15). The number of rotatable bonds is 4. The zero-order valence-corrected chi connectivity index (χ0v) is 14.1. The summed E-state index contributed by atoms with van der Waals surface area (Å²) in [5.74, 6) is 0.867. The van der Waals surface area contributed by atoms with E-state index in [9.17, 15) is 8.42 Å². The summed E-state index contributed by atoms with van der Waals surface area (Å²) in [6.45, 7) is 4.09. The first kappa shape index (κ1) is 15.7. The van der Waals surface area contributed by atoms with Crippen LogP contribution >= 0.6 is 11.3 Å². The molecule has 2 aliphatic rings. The monoisotopic (exact) mass is 344 g/mol. The summed E-state index contributed by atoms with van der Waals surface area (Å²) < 4.78 is 32.2. The average Bonchev–Trinajstić information content (AvgIpc) is 3.15. The predicted molar refractivity (Wildman–Crippen MR) is 85.7 cm³/mol. The van der Waals surface area contributed by atoms with E-state index in [2.05, 4.69) is 15.2 Å². The lowest BCUT2D eigenvalue weighted by molar-refractivity contribution is 0.0731. The molecule has 0 spiro atoms. The number of guanidine groups is 1.